The number of ketones is 1. The summed E-state index contributed by atoms with van der Waals surface area (Å²) in [6, 6.07) is 8.12. The first-order valence-electron chi connectivity index (χ1n) is 5.39. The summed E-state index contributed by atoms with van der Waals surface area (Å²) < 4.78 is 10.3. The highest BCUT2D eigenvalue weighted by molar-refractivity contribution is 6.08. The number of carbonyl (C=O) groups excluding carboxylic acids is 2. The summed E-state index contributed by atoms with van der Waals surface area (Å²) in [6.07, 6.45) is 1.44. The van der Waals surface area contributed by atoms with Crippen molar-refractivity contribution in [2.75, 3.05) is 11.9 Å². The van der Waals surface area contributed by atoms with Gasteiger partial charge in [0.2, 0.25) is 5.78 Å². The first kappa shape index (κ1) is 10.6. The number of fused-ring (bicyclic) bond motifs is 1. The number of amides is 1. The van der Waals surface area contributed by atoms with E-state index in [2.05, 4.69) is 5.32 Å². The summed E-state index contributed by atoms with van der Waals surface area (Å²) >= 11 is 0. The van der Waals surface area contributed by atoms with Crippen LogP contribution in [0.5, 0.6) is 5.75 Å². The number of rotatable bonds is 2. The smallest absolute Gasteiger partial charge is 0.262 e. The largest absolute Gasteiger partial charge is 0.482 e. The maximum Gasteiger partial charge on any atom is 0.262 e. The molecule has 0 unspecified atom stereocenters. The van der Waals surface area contributed by atoms with Gasteiger partial charge in [0.25, 0.3) is 5.91 Å². The number of nitrogens with one attached hydrogen (secondary N) is 1. The summed E-state index contributed by atoms with van der Waals surface area (Å²) in [7, 11) is 0. The molecule has 0 spiro atoms. The molecule has 1 N–H and O–H groups in total. The van der Waals surface area contributed by atoms with Gasteiger partial charge < -0.3 is 14.5 Å². The standard InChI is InChI=1S/C13H9NO4/c15-12-7-18-10-4-3-8(6-9(10)14-12)13(16)11-2-1-5-17-11/h1-6H,7H2,(H,14,15). The fourth-order valence-electron chi connectivity index (χ4n) is 1.77. The van der Waals surface area contributed by atoms with Crippen LogP contribution in [-0.4, -0.2) is 18.3 Å². The van der Waals surface area contributed by atoms with E-state index in [9.17, 15) is 9.59 Å². The van der Waals surface area contributed by atoms with Crippen molar-refractivity contribution in [2.24, 2.45) is 0 Å². The first-order valence-corrected chi connectivity index (χ1v) is 5.39. The van der Waals surface area contributed by atoms with Crippen LogP contribution in [0.1, 0.15) is 16.1 Å². The van der Waals surface area contributed by atoms with Crippen molar-refractivity contribution in [1.29, 1.82) is 0 Å². The Morgan fingerprint density at radius 1 is 1.28 bits per heavy atom. The molecule has 0 saturated carbocycles. The van der Waals surface area contributed by atoms with Gasteiger partial charge in [0.1, 0.15) is 5.75 Å². The molecule has 0 bridgehead atoms. The Bertz CT molecular complexity index is 616. The van der Waals surface area contributed by atoms with Gasteiger partial charge in [-0.1, -0.05) is 0 Å². The van der Waals surface area contributed by atoms with Crippen LogP contribution < -0.4 is 10.1 Å². The van der Waals surface area contributed by atoms with E-state index >= 15 is 0 Å². The fraction of sp³-hybridized carbons (Fsp3) is 0.0769. The third-order valence-corrected chi connectivity index (χ3v) is 2.62. The SMILES string of the molecule is O=C1COc2ccc(C(=O)c3ccco3)cc2N1. The van der Waals surface area contributed by atoms with Crippen molar-refractivity contribution in [3.05, 3.63) is 47.9 Å². The number of benzene rings is 1. The molecule has 1 aromatic heterocycles. The molecule has 0 radical (unpaired) electrons. The molecule has 0 fully saturated rings. The number of carbonyl (C=O) groups is 2. The van der Waals surface area contributed by atoms with Crippen molar-refractivity contribution >= 4 is 17.4 Å². The van der Waals surface area contributed by atoms with E-state index in [0.29, 0.717) is 17.0 Å². The molecular formula is C13H9NO4. The Kier molecular flexibility index (Phi) is 2.37. The molecule has 0 saturated heterocycles. The summed E-state index contributed by atoms with van der Waals surface area (Å²) in [5, 5.41) is 2.65. The lowest BCUT2D eigenvalue weighted by molar-refractivity contribution is -0.118. The second kappa shape index (κ2) is 4.03. The van der Waals surface area contributed by atoms with Gasteiger partial charge in [0.15, 0.2) is 12.4 Å². The van der Waals surface area contributed by atoms with Gasteiger partial charge in [0, 0.05) is 5.56 Å². The topological polar surface area (TPSA) is 68.5 Å². The molecule has 90 valence electrons. The predicted octanol–water partition coefficient (Wildman–Crippen LogP) is 1.84. The second-order valence-corrected chi connectivity index (χ2v) is 3.85. The first-order chi connectivity index (χ1) is 8.74. The molecule has 2 aromatic rings. The van der Waals surface area contributed by atoms with Gasteiger partial charge in [-0.15, -0.1) is 0 Å². The maximum absolute atomic E-state index is 12.0. The van der Waals surface area contributed by atoms with Gasteiger partial charge in [-0.3, -0.25) is 9.59 Å². The van der Waals surface area contributed by atoms with Gasteiger partial charge in [-0.2, -0.15) is 0 Å². The lowest BCUT2D eigenvalue weighted by Gasteiger charge is -2.18. The summed E-state index contributed by atoms with van der Waals surface area (Å²) in [4.78, 5) is 23.2. The van der Waals surface area contributed by atoms with Crippen molar-refractivity contribution in [2.45, 2.75) is 0 Å². The molecule has 5 heteroatoms. The van der Waals surface area contributed by atoms with E-state index in [4.69, 9.17) is 9.15 Å². The molecule has 0 atom stereocenters. The van der Waals surface area contributed by atoms with Crippen LogP contribution in [-0.2, 0) is 4.79 Å². The van der Waals surface area contributed by atoms with Gasteiger partial charge in [-0.25, -0.2) is 0 Å². The molecule has 1 aliphatic heterocycles. The van der Waals surface area contributed by atoms with Crippen LogP contribution in [0.3, 0.4) is 0 Å². The molecule has 2 heterocycles. The van der Waals surface area contributed by atoms with Crippen LogP contribution >= 0.6 is 0 Å². The van der Waals surface area contributed by atoms with E-state index in [1.54, 1.807) is 30.3 Å². The van der Waals surface area contributed by atoms with Crippen molar-refractivity contribution in [3.8, 4) is 5.75 Å². The van der Waals surface area contributed by atoms with E-state index in [-0.39, 0.29) is 24.1 Å². The van der Waals surface area contributed by atoms with Crippen LogP contribution in [0.4, 0.5) is 5.69 Å². The highest BCUT2D eigenvalue weighted by atomic mass is 16.5. The number of ether oxygens (including phenoxy) is 1. The number of hydrogen-bond donors (Lipinski definition) is 1. The minimum atomic E-state index is -0.234. The zero-order valence-corrected chi connectivity index (χ0v) is 9.30. The van der Waals surface area contributed by atoms with E-state index < -0.39 is 0 Å². The number of anilines is 1. The summed E-state index contributed by atoms with van der Waals surface area (Å²) in [5.41, 5.74) is 0.943. The zero-order valence-electron chi connectivity index (χ0n) is 9.30. The highest BCUT2D eigenvalue weighted by Gasteiger charge is 2.19. The molecular weight excluding hydrogens is 234 g/mol. The Hall–Kier alpha value is -2.56. The second-order valence-electron chi connectivity index (χ2n) is 3.85. The number of furan rings is 1. The van der Waals surface area contributed by atoms with Crippen molar-refractivity contribution in [3.63, 3.8) is 0 Å². The fourth-order valence-corrected chi connectivity index (χ4v) is 1.77. The molecule has 0 aliphatic carbocycles. The summed E-state index contributed by atoms with van der Waals surface area (Å²) in [5.74, 6) is 0.358. The van der Waals surface area contributed by atoms with Crippen LogP contribution in [0, 0.1) is 0 Å². The third kappa shape index (κ3) is 1.75. The Labute approximate surface area is 102 Å². The van der Waals surface area contributed by atoms with Gasteiger partial charge >= 0.3 is 0 Å². The average Bonchev–Trinajstić information content (AvgIpc) is 2.90. The monoisotopic (exact) mass is 243 g/mol. The average molecular weight is 243 g/mol. The van der Waals surface area contributed by atoms with E-state index in [1.807, 2.05) is 0 Å². The third-order valence-electron chi connectivity index (χ3n) is 2.62. The van der Waals surface area contributed by atoms with E-state index in [1.165, 1.54) is 6.26 Å². The van der Waals surface area contributed by atoms with Crippen LogP contribution in [0.15, 0.2) is 41.0 Å². The normalized spacial score (nSPS) is 13.4. The number of hydrogen-bond acceptors (Lipinski definition) is 4. The van der Waals surface area contributed by atoms with Gasteiger partial charge in [0.05, 0.1) is 12.0 Å². The molecule has 18 heavy (non-hydrogen) atoms. The van der Waals surface area contributed by atoms with Crippen LogP contribution in [0.25, 0.3) is 0 Å². The highest BCUT2D eigenvalue weighted by Crippen LogP contribution is 2.29. The lowest BCUT2D eigenvalue weighted by Crippen LogP contribution is -2.25. The predicted molar refractivity (Wildman–Crippen MR) is 62.7 cm³/mol. The molecule has 1 aliphatic rings. The summed E-state index contributed by atoms with van der Waals surface area (Å²) in [6.45, 7) is -0.00151. The molecule has 1 aromatic carbocycles. The van der Waals surface area contributed by atoms with Crippen LogP contribution in [0.2, 0.25) is 0 Å². The minimum absolute atomic E-state index is 0.00151. The molecule has 5 nitrogen and oxygen atoms in total. The zero-order chi connectivity index (χ0) is 12.5. The van der Waals surface area contributed by atoms with Gasteiger partial charge in [-0.05, 0) is 30.3 Å². The molecule has 1 amide bonds. The Morgan fingerprint density at radius 2 is 2.17 bits per heavy atom. The molecule has 3 rings (SSSR count). The van der Waals surface area contributed by atoms with E-state index in [0.717, 1.165) is 0 Å². The van der Waals surface area contributed by atoms with Crippen molar-refractivity contribution < 1.29 is 18.7 Å². The van der Waals surface area contributed by atoms with Crippen molar-refractivity contribution in [1.82, 2.24) is 0 Å². The maximum atomic E-state index is 12.0. The minimum Gasteiger partial charge on any atom is -0.482 e. The Balaban J connectivity index is 1.97. The quantitative estimate of drug-likeness (QED) is 0.817. The lowest BCUT2D eigenvalue weighted by atomic mass is 10.1. The Morgan fingerprint density at radius 3 is 2.94 bits per heavy atom.